The van der Waals surface area contributed by atoms with E-state index in [9.17, 15) is 14.9 Å². The number of imide groups is 1. The van der Waals surface area contributed by atoms with Gasteiger partial charge in [-0.05, 0) is 30.0 Å². The van der Waals surface area contributed by atoms with Crippen LogP contribution in [-0.4, -0.2) is 27.9 Å². The third-order valence-corrected chi connectivity index (χ3v) is 4.38. The standard InChI is InChI=1S/C20H21N5O3/c1-5-14-17(26)25(19(27)23-14)18-22-9-8-16(24-18)28-15-7-6-12(11-21)10-13(15)20(2,3)4/h6-10,14H,5H2,1-4H3,(H,23,27)/t14-/m1/s1. The minimum atomic E-state index is -0.577. The number of anilines is 1. The predicted octanol–water partition coefficient (Wildman–Crippen LogP) is 3.27. The number of rotatable bonds is 4. The molecule has 28 heavy (non-hydrogen) atoms. The summed E-state index contributed by atoms with van der Waals surface area (Å²) in [5.41, 5.74) is 1.11. The number of carbonyl (C=O) groups is 2. The molecule has 8 heteroatoms. The van der Waals surface area contributed by atoms with Crippen LogP contribution >= 0.6 is 0 Å². The number of aromatic nitrogens is 2. The monoisotopic (exact) mass is 379 g/mol. The zero-order valence-corrected chi connectivity index (χ0v) is 16.2. The van der Waals surface area contributed by atoms with Gasteiger partial charge in [-0.15, -0.1) is 0 Å². The Morgan fingerprint density at radius 1 is 1.29 bits per heavy atom. The van der Waals surface area contributed by atoms with E-state index in [0.29, 0.717) is 17.7 Å². The van der Waals surface area contributed by atoms with Crippen LogP contribution in [0.5, 0.6) is 11.6 Å². The lowest BCUT2D eigenvalue weighted by Gasteiger charge is -2.22. The number of ether oxygens (including phenoxy) is 1. The topological polar surface area (TPSA) is 108 Å². The van der Waals surface area contributed by atoms with E-state index in [1.807, 2.05) is 27.7 Å². The molecule has 0 bridgehead atoms. The number of benzene rings is 1. The van der Waals surface area contributed by atoms with Crippen LogP contribution < -0.4 is 15.0 Å². The van der Waals surface area contributed by atoms with Crippen molar-refractivity contribution >= 4 is 17.9 Å². The van der Waals surface area contributed by atoms with Crippen molar-refractivity contribution < 1.29 is 14.3 Å². The van der Waals surface area contributed by atoms with Gasteiger partial charge < -0.3 is 10.1 Å². The summed E-state index contributed by atoms with van der Waals surface area (Å²) in [4.78, 5) is 33.7. The van der Waals surface area contributed by atoms with E-state index in [-0.39, 0.29) is 17.2 Å². The molecular formula is C20H21N5O3. The second kappa shape index (κ2) is 7.27. The largest absolute Gasteiger partial charge is 0.439 e. The molecule has 144 valence electrons. The Morgan fingerprint density at radius 3 is 2.64 bits per heavy atom. The normalized spacial score (nSPS) is 16.7. The summed E-state index contributed by atoms with van der Waals surface area (Å²) in [6.45, 7) is 7.85. The molecule has 1 aliphatic rings. The van der Waals surface area contributed by atoms with Gasteiger partial charge in [0.25, 0.3) is 5.91 Å². The highest BCUT2D eigenvalue weighted by molar-refractivity contribution is 6.20. The van der Waals surface area contributed by atoms with Gasteiger partial charge in [0.1, 0.15) is 11.8 Å². The van der Waals surface area contributed by atoms with Crippen molar-refractivity contribution in [3.63, 3.8) is 0 Å². The number of amides is 3. The molecule has 0 saturated carbocycles. The van der Waals surface area contributed by atoms with Crippen molar-refractivity contribution in [2.75, 3.05) is 4.90 Å². The van der Waals surface area contributed by atoms with Crippen LogP contribution in [0.2, 0.25) is 0 Å². The van der Waals surface area contributed by atoms with E-state index in [0.717, 1.165) is 10.5 Å². The fourth-order valence-electron chi connectivity index (χ4n) is 2.88. The summed E-state index contributed by atoms with van der Waals surface area (Å²) in [7, 11) is 0. The molecule has 1 saturated heterocycles. The highest BCUT2D eigenvalue weighted by Crippen LogP contribution is 2.34. The summed E-state index contributed by atoms with van der Waals surface area (Å²) >= 11 is 0. The molecule has 0 radical (unpaired) electrons. The highest BCUT2D eigenvalue weighted by Gasteiger charge is 2.39. The van der Waals surface area contributed by atoms with Gasteiger partial charge in [-0.1, -0.05) is 27.7 Å². The molecule has 8 nitrogen and oxygen atoms in total. The first-order valence-corrected chi connectivity index (χ1v) is 8.94. The Labute approximate surface area is 163 Å². The van der Waals surface area contributed by atoms with E-state index in [4.69, 9.17) is 4.74 Å². The summed E-state index contributed by atoms with van der Waals surface area (Å²) < 4.78 is 5.93. The van der Waals surface area contributed by atoms with E-state index >= 15 is 0 Å². The quantitative estimate of drug-likeness (QED) is 0.817. The first-order chi connectivity index (χ1) is 13.2. The van der Waals surface area contributed by atoms with E-state index in [1.54, 1.807) is 24.3 Å². The van der Waals surface area contributed by atoms with E-state index < -0.39 is 18.0 Å². The van der Waals surface area contributed by atoms with Crippen molar-refractivity contribution in [3.05, 3.63) is 41.6 Å². The van der Waals surface area contributed by atoms with Gasteiger partial charge in [0.15, 0.2) is 0 Å². The molecule has 2 aromatic rings. The Kier molecular flexibility index (Phi) is 5.01. The lowest BCUT2D eigenvalue weighted by molar-refractivity contribution is -0.118. The maximum absolute atomic E-state index is 12.4. The highest BCUT2D eigenvalue weighted by atomic mass is 16.5. The average molecular weight is 379 g/mol. The van der Waals surface area contributed by atoms with Crippen LogP contribution in [-0.2, 0) is 10.2 Å². The molecule has 1 aromatic heterocycles. The molecule has 3 rings (SSSR count). The molecule has 0 aliphatic carbocycles. The van der Waals surface area contributed by atoms with Crippen molar-refractivity contribution in [1.82, 2.24) is 15.3 Å². The van der Waals surface area contributed by atoms with E-state index in [1.165, 1.54) is 6.20 Å². The van der Waals surface area contributed by atoms with Gasteiger partial charge in [-0.25, -0.2) is 9.78 Å². The molecule has 1 fully saturated rings. The Hall–Kier alpha value is -3.47. The van der Waals surface area contributed by atoms with E-state index in [2.05, 4.69) is 21.4 Å². The molecule has 1 atom stereocenters. The number of hydrogen-bond donors (Lipinski definition) is 1. The molecule has 1 aromatic carbocycles. The van der Waals surface area contributed by atoms with Gasteiger partial charge in [-0.3, -0.25) is 4.79 Å². The van der Waals surface area contributed by atoms with Crippen molar-refractivity contribution in [1.29, 1.82) is 5.26 Å². The van der Waals surface area contributed by atoms with Gasteiger partial charge in [-0.2, -0.15) is 15.1 Å². The number of carbonyl (C=O) groups excluding carboxylic acids is 2. The van der Waals surface area contributed by atoms with Crippen molar-refractivity contribution in [3.8, 4) is 17.7 Å². The SMILES string of the molecule is CC[C@H]1NC(=O)N(c2nccc(Oc3ccc(C#N)cc3C(C)(C)C)n2)C1=O. The smallest absolute Gasteiger partial charge is 0.331 e. The summed E-state index contributed by atoms with van der Waals surface area (Å²) in [5.74, 6) is 0.306. The number of nitriles is 1. The van der Waals surface area contributed by atoms with Gasteiger partial charge >= 0.3 is 6.03 Å². The molecular weight excluding hydrogens is 358 g/mol. The third kappa shape index (κ3) is 3.64. The molecule has 3 amide bonds. The van der Waals surface area contributed by atoms with Crippen molar-refractivity contribution in [2.24, 2.45) is 0 Å². The minimum absolute atomic E-state index is 0.0399. The fourth-order valence-corrected chi connectivity index (χ4v) is 2.88. The Morgan fingerprint density at radius 2 is 2.04 bits per heavy atom. The molecule has 2 heterocycles. The van der Waals surface area contributed by atoms with Crippen LogP contribution in [0.15, 0.2) is 30.5 Å². The second-order valence-electron chi connectivity index (χ2n) is 7.45. The lowest BCUT2D eigenvalue weighted by atomic mass is 9.85. The van der Waals surface area contributed by atoms with Crippen LogP contribution in [0.4, 0.5) is 10.7 Å². The average Bonchev–Trinajstić information content (AvgIpc) is 2.95. The molecule has 1 N–H and O–H groups in total. The zero-order valence-electron chi connectivity index (χ0n) is 16.2. The predicted molar refractivity (Wildman–Crippen MR) is 102 cm³/mol. The third-order valence-electron chi connectivity index (χ3n) is 4.38. The van der Waals surface area contributed by atoms with Gasteiger partial charge in [0.05, 0.1) is 11.6 Å². The maximum atomic E-state index is 12.4. The van der Waals surface area contributed by atoms with Crippen LogP contribution in [0, 0.1) is 11.3 Å². The van der Waals surface area contributed by atoms with Crippen LogP contribution in [0.3, 0.4) is 0 Å². The van der Waals surface area contributed by atoms with Gasteiger partial charge in [0.2, 0.25) is 11.8 Å². The molecule has 0 spiro atoms. The number of urea groups is 1. The molecule has 1 aliphatic heterocycles. The summed E-state index contributed by atoms with van der Waals surface area (Å²) in [5, 5.41) is 11.8. The van der Waals surface area contributed by atoms with Crippen LogP contribution in [0.1, 0.15) is 45.2 Å². The Bertz CT molecular complexity index is 975. The molecule has 0 unspecified atom stereocenters. The first-order valence-electron chi connectivity index (χ1n) is 8.94. The van der Waals surface area contributed by atoms with Crippen molar-refractivity contribution in [2.45, 2.75) is 45.6 Å². The minimum Gasteiger partial charge on any atom is -0.439 e. The Balaban J connectivity index is 1.94. The number of nitrogens with one attached hydrogen (secondary N) is 1. The first kappa shape index (κ1) is 19.3. The fraction of sp³-hybridized carbons (Fsp3) is 0.350. The second-order valence-corrected chi connectivity index (χ2v) is 7.45. The van der Waals surface area contributed by atoms with Crippen LogP contribution in [0.25, 0.3) is 0 Å². The zero-order chi connectivity index (χ0) is 20.5. The summed E-state index contributed by atoms with van der Waals surface area (Å²) in [6, 6.07) is 7.69. The lowest BCUT2D eigenvalue weighted by Crippen LogP contribution is -2.32. The number of nitrogens with zero attached hydrogens (tertiary/aromatic N) is 4. The summed E-state index contributed by atoms with van der Waals surface area (Å²) in [6.07, 6.45) is 1.91. The maximum Gasteiger partial charge on any atom is 0.331 e. The number of hydrogen-bond acceptors (Lipinski definition) is 6. The van der Waals surface area contributed by atoms with Gasteiger partial charge in [0, 0.05) is 17.8 Å².